The molecule has 1 saturated heterocycles. The lowest BCUT2D eigenvalue weighted by atomic mass is 10.0. The van der Waals surface area contributed by atoms with Crippen molar-refractivity contribution in [3.05, 3.63) is 59.2 Å². The third kappa shape index (κ3) is 4.48. The first kappa shape index (κ1) is 21.8. The topological polar surface area (TPSA) is 48.0 Å². The highest BCUT2D eigenvalue weighted by molar-refractivity contribution is 6.06. The molecule has 0 unspecified atom stereocenters. The van der Waals surface area contributed by atoms with Crippen LogP contribution in [-0.2, 0) is 33.0 Å². The molecule has 0 saturated carbocycles. The maximum atomic E-state index is 13.4. The smallest absolute Gasteiger partial charge is 0.292 e. The zero-order valence-electron chi connectivity index (χ0n) is 18.7. The molecular weight excluding hydrogens is 390 g/mol. The second-order valence-corrected chi connectivity index (χ2v) is 8.36. The van der Waals surface area contributed by atoms with Gasteiger partial charge in [0.1, 0.15) is 5.75 Å². The van der Waals surface area contributed by atoms with Gasteiger partial charge in [0.2, 0.25) is 0 Å². The molecule has 5 heteroatoms. The third-order valence-electron chi connectivity index (χ3n) is 6.03. The van der Waals surface area contributed by atoms with Gasteiger partial charge >= 0.3 is 0 Å². The number of anilines is 1. The van der Waals surface area contributed by atoms with Gasteiger partial charge in [0.05, 0.1) is 32.1 Å². The van der Waals surface area contributed by atoms with Crippen molar-refractivity contribution in [1.82, 2.24) is 0 Å². The molecule has 2 aromatic rings. The number of amides is 1. The first-order chi connectivity index (χ1) is 15.2. The van der Waals surface area contributed by atoms with Gasteiger partial charge in [-0.25, -0.2) is 0 Å². The van der Waals surface area contributed by atoms with E-state index in [4.69, 9.17) is 14.2 Å². The van der Waals surface area contributed by atoms with Crippen LogP contribution >= 0.6 is 0 Å². The van der Waals surface area contributed by atoms with Crippen molar-refractivity contribution < 1.29 is 19.0 Å². The maximum Gasteiger partial charge on any atom is 0.292 e. The van der Waals surface area contributed by atoms with Gasteiger partial charge in [-0.1, -0.05) is 51.3 Å². The van der Waals surface area contributed by atoms with Crippen molar-refractivity contribution in [3.8, 4) is 5.75 Å². The van der Waals surface area contributed by atoms with Gasteiger partial charge in [0.15, 0.2) is 0 Å². The van der Waals surface area contributed by atoms with E-state index in [1.807, 2.05) is 30.3 Å². The summed E-state index contributed by atoms with van der Waals surface area (Å²) in [5.74, 6) is -0.542. The van der Waals surface area contributed by atoms with Crippen LogP contribution < -0.4 is 9.64 Å². The SMILES string of the molecule is CCCCCOc1ccc(CN2C(=O)C3(OCCO3)c3cc(CCCC)ccc32)cc1. The minimum atomic E-state index is -1.28. The fraction of sp³-hybridized carbons (Fsp3) is 0.500. The highest BCUT2D eigenvalue weighted by atomic mass is 16.7. The van der Waals surface area contributed by atoms with E-state index in [1.165, 1.54) is 18.4 Å². The number of hydrogen-bond donors (Lipinski definition) is 0. The van der Waals surface area contributed by atoms with E-state index in [1.54, 1.807) is 4.90 Å². The summed E-state index contributed by atoms with van der Waals surface area (Å²) < 4.78 is 17.6. The summed E-state index contributed by atoms with van der Waals surface area (Å²) in [6.07, 6.45) is 6.69. The Hall–Kier alpha value is -2.37. The average Bonchev–Trinajstić information content (AvgIpc) is 3.37. The summed E-state index contributed by atoms with van der Waals surface area (Å²) in [5.41, 5.74) is 4.00. The zero-order chi connectivity index (χ0) is 21.7. The van der Waals surface area contributed by atoms with Crippen LogP contribution in [0.3, 0.4) is 0 Å². The van der Waals surface area contributed by atoms with E-state index in [0.29, 0.717) is 19.8 Å². The normalized spacial score (nSPS) is 16.8. The van der Waals surface area contributed by atoms with Crippen LogP contribution in [0.1, 0.15) is 62.6 Å². The maximum absolute atomic E-state index is 13.4. The highest BCUT2D eigenvalue weighted by Crippen LogP contribution is 2.46. The predicted molar refractivity (Wildman–Crippen MR) is 121 cm³/mol. The van der Waals surface area contributed by atoms with Crippen LogP contribution in [0.15, 0.2) is 42.5 Å². The van der Waals surface area contributed by atoms with Gasteiger partial charge in [-0.05, 0) is 54.7 Å². The second kappa shape index (κ2) is 9.84. The van der Waals surface area contributed by atoms with Crippen LogP contribution in [-0.4, -0.2) is 25.7 Å². The number of unbranched alkanes of at least 4 members (excludes halogenated alkanes) is 3. The minimum absolute atomic E-state index is 0.132. The number of rotatable bonds is 10. The molecule has 1 fully saturated rings. The Labute approximate surface area is 185 Å². The Morgan fingerprint density at radius 2 is 1.65 bits per heavy atom. The molecule has 2 aliphatic rings. The van der Waals surface area contributed by atoms with Gasteiger partial charge < -0.3 is 19.1 Å². The summed E-state index contributed by atoms with van der Waals surface area (Å²) in [6, 6.07) is 14.3. The standard InChI is InChI=1S/C26H33NO4/c1-3-5-7-15-29-22-12-9-21(10-13-22)19-27-24-14-11-20(8-6-4-2)18-23(24)26(25(27)28)30-16-17-31-26/h9-14,18H,3-8,15-17,19H2,1-2H3. The molecule has 4 rings (SSSR count). The number of benzene rings is 2. The van der Waals surface area contributed by atoms with E-state index in [-0.39, 0.29) is 5.91 Å². The Morgan fingerprint density at radius 3 is 2.35 bits per heavy atom. The van der Waals surface area contributed by atoms with Crippen LogP contribution in [0.4, 0.5) is 5.69 Å². The molecule has 0 atom stereocenters. The Morgan fingerprint density at radius 1 is 0.935 bits per heavy atom. The van der Waals surface area contributed by atoms with E-state index < -0.39 is 5.79 Å². The van der Waals surface area contributed by atoms with Crippen LogP contribution in [0.25, 0.3) is 0 Å². The van der Waals surface area contributed by atoms with Gasteiger partial charge in [0.25, 0.3) is 11.7 Å². The molecule has 166 valence electrons. The van der Waals surface area contributed by atoms with Crippen LogP contribution in [0.2, 0.25) is 0 Å². The molecular formula is C26H33NO4. The third-order valence-corrected chi connectivity index (χ3v) is 6.03. The fourth-order valence-electron chi connectivity index (χ4n) is 4.29. The highest BCUT2D eigenvalue weighted by Gasteiger charge is 2.56. The van der Waals surface area contributed by atoms with E-state index in [2.05, 4.69) is 26.0 Å². The number of nitrogens with zero attached hydrogens (tertiary/aromatic N) is 1. The molecule has 0 aromatic heterocycles. The summed E-state index contributed by atoms with van der Waals surface area (Å²) >= 11 is 0. The number of ether oxygens (including phenoxy) is 3. The number of carbonyl (C=O) groups is 1. The van der Waals surface area contributed by atoms with Gasteiger partial charge in [0, 0.05) is 5.56 Å². The molecule has 31 heavy (non-hydrogen) atoms. The molecule has 5 nitrogen and oxygen atoms in total. The summed E-state index contributed by atoms with van der Waals surface area (Å²) in [6.45, 7) is 6.45. The van der Waals surface area contributed by atoms with Crippen molar-refractivity contribution in [2.45, 2.75) is 64.7 Å². The first-order valence-corrected chi connectivity index (χ1v) is 11.6. The second-order valence-electron chi connectivity index (χ2n) is 8.36. The van der Waals surface area contributed by atoms with Gasteiger partial charge in [-0.3, -0.25) is 4.79 Å². The molecule has 2 aliphatic heterocycles. The predicted octanol–water partition coefficient (Wildman–Crippen LogP) is 5.34. The van der Waals surface area contributed by atoms with Gasteiger partial charge in [-0.15, -0.1) is 0 Å². The molecule has 2 aromatic carbocycles. The van der Waals surface area contributed by atoms with Crippen LogP contribution in [0, 0.1) is 0 Å². The summed E-state index contributed by atoms with van der Waals surface area (Å²) in [4.78, 5) is 15.2. The summed E-state index contributed by atoms with van der Waals surface area (Å²) in [7, 11) is 0. The Balaban J connectivity index is 1.52. The van der Waals surface area contributed by atoms with Crippen molar-refractivity contribution in [3.63, 3.8) is 0 Å². The average molecular weight is 424 g/mol. The zero-order valence-corrected chi connectivity index (χ0v) is 18.7. The van der Waals surface area contributed by atoms with Crippen molar-refractivity contribution >= 4 is 11.6 Å². The first-order valence-electron chi connectivity index (χ1n) is 11.6. The quantitative estimate of drug-likeness (QED) is 0.484. The number of hydrogen-bond acceptors (Lipinski definition) is 4. The Bertz CT molecular complexity index is 887. The largest absolute Gasteiger partial charge is 0.494 e. The monoisotopic (exact) mass is 423 g/mol. The molecule has 2 heterocycles. The number of fused-ring (bicyclic) bond motifs is 2. The lowest BCUT2D eigenvalue weighted by molar-refractivity contribution is -0.180. The molecule has 0 aliphatic carbocycles. The van der Waals surface area contributed by atoms with Crippen LogP contribution in [0.5, 0.6) is 5.75 Å². The lowest BCUT2D eigenvalue weighted by Crippen LogP contribution is -2.40. The molecule has 0 radical (unpaired) electrons. The fourth-order valence-corrected chi connectivity index (χ4v) is 4.29. The number of carbonyl (C=O) groups excluding carboxylic acids is 1. The van der Waals surface area contributed by atoms with Crippen molar-refractivity contribution in [2.24, 2.45) is 0 Å². The van der Waals surface area contributed by atoms with Crippen molar-refractivity contribution in [2.75, 3.05) is 24.7 Å². The van der Waals surface area contributed by atoms with E-state index >= 15 is 0 Å². The van der Waals surface area contributed by atoms with E-state index in [0.717, 1.165) is 54.9 Å². The summed E-state index contributed by atoms with van der Waals surface area (Å²) in [5, 5.41) is 0. The molecule has 0 bridgehead atoms. The minimum Gasteiger partial charge on any atom is -0.494 e. The number of aryl methyl sites for hydroxylation is 1. The van der Waals surface area contributed by atoms with E-state index in [9.17, 15) is 4.79 Å². The lowest BCUT2D eigenvalue weighted by Gasteiger charge is -2.22. The van der Waals surface area contributed by atoms with Gasteiger partial charge in [-0.2, -0.15) is 0 Å². The van der Waals surface area contributed by atoms with Crippen molar-refractivity contribution in [1.29, 1.82) is 0 Å². The molecule has 0 N–H and O–H groups in total. The Kier molecular flexibility index (Phi) is 6.93. The molecule has 1 spiro atoms. The molecule has 1 amide bonds.